The molecule has 2 aromatic carbocycles. The molecule has 0 bridgehead atoms. The molecule has 2 aliphatic rings. The van der Waals surface area contributed by atoms with E-state index in [9.17, 15) is 14.4 Å². The second kappa shape index (κ2) is 8.79. The lowest BCUT2D eigenvalue weighted by Gasteiger charge is -2.17. The molecule has 1 fully saturated rings. The van der Waals surface area contributed by atoms with Crippen molar-refractivity contribution in [1.29, 1.82) is 0 Å². The molecule has 6 heteroatoms. The summed E-state index contributed by atoms with van der Waals surface area (Å²) in [5.74, 6) is -0.757. The minimum absolute atomic E-state index is 0.0767. The number of fused-ring (bicyclic) bond motifs is 1. The van der Waals surface area contributed by atoms with Gasteiger partial charge in [-0.2, -0.15) is 0 Å². The summed E-state index contributed by atoms with van der Waals surface area (Å²) in [5, 5.41) is 3.08. The smallest absolute Gasteiger partial charge is 0.261 e. The molecule has 2 aliphatic heterocycles. The van der Waals surface area contributed by atoms with Crippen LogP contribution in [0, 0.1) is 0 Å². The van der Waals surface area contributed by atoms with Gasteiger partial charge < -0.3 is 5.32 Å². The van der Waals surface area contributed by atoms with Crippen molar-refractivity contribution in [3.8, 4) is 0 Å². The van der Waals surface area contributed by atoms with Gasteiger partial charge in [-0.25, -0.2) is 0 Å². The van der Waals surface area contributed by atoms with Crippen molar-refractivity contribution in [3.63, 3.8) is 0 Å². The van der Waals surface area contributed by atoms with Crippen molar-refractivity contribution >= 4 is 17.7 Å². The van der Waals surface area contributed by atoms with Gasteiger partial charge in [0.1, 0.15) is 0 Å². The summed E-state index contributed by atoms with van der Waals surface area (Å²) < 4.78 is 0. The Balaban J connectivity index is 1.38. The van der Waals surface area contributed by atoms with Crippen LogP contribution in [0.2, 0.25) is 0 Å². The Labute approximate surface area is 176 Å². The Bertz CT molecular complexity index is 957. The van der Waals surface area contributed by atoms with E-state index in [1.54, 1.807) is 18.2 Å². The Kier molecular flexibility index (Phi) is 5.95. The van der Waals surface area contributed by atoms with Crippen molar-refractivity contribution in [3.05, 3.63) is 70.8 Å². The van der Waals surface area contributed by atoms with Gasteiger partial charge in [-0.1, -0.05) is 43.7 Å². The first-order chi connectivity index (χ1) is 14.6. The molecular formula is C24H27N3O3. The zero-order valence-electron chi connectivity index (χ0n) is 17.3. The van der Waals surface area contributed by atoms with Crippen LogP contribution >= 0.6 is 0 Å². The summed E-state index contributed by atoms with van der Waals surface area (Å²) in [5.41, 5.74) is 2.41. The monoisotopic (exact) mass is 405 g/mol. The fourth-order valence-corrected chi connectivity index (χ4v) is 4.16. The Morgan fingerprint density at radius 2 is 1.83 bits per heavy atom. The van der Waals surface area contributed by atoms with Gasteiger partial charge in [0.05, 0.1) is 11.1 Å². The van der Waals surface area contributed by atoms with E-state index in [0.29, 0.717) is 23.2 Å². The highest BCUT2D eigenvalue weighted by molar-refractivity contribution is 6.22. The van der Waals surface area contributed by atoms with Crippen LogP contribution in [0.5, 0.6) is 0 Å². The molecule has 0 radical (unpaired) electrons. The number of benzene rings is 2. The SMILES string of the molecule is CCCCN1C(=O)c2ccc(C(=O)NC3CCN(Cc4ccccc4)C3)cc2C1=O. The fraction of sp³-hybridized carbons (Fsp3) is 0.375. The molecule has 2 heterocycles. The number of unbranched alkanes of at least 4 members (excludes halogenated alkanes) is 1. The molecule has 0 aliphatic carbocycles. The van der Waals surface area contributed by atoms with E-state index in [1.165, 1.54) is 10.5 Å². The molecule has 156 valence electrons. The number of rotatable bonds is 7. The molecule has 1 saturated heterocycles. The number of amides is 3. The number of carbonyl (C=O) groups is 3. The maximum Gasteiger partial charge on any atom is 0.261 e. The van der Waals surface area contributed by atoms with Crippen molar-refractivity contribution in [2.45, 2.75) is 38.8 Å². The molecule has 2 aromatic rings. The van der Waals surface area contributed by atoms with Crippen molar-refractivity contribution in [1.82, 2.24) is 15.1 Å². The number of hydrogen-bond acceptors (Lipinski definition) is 4. The van der Waals surface area contributed by atoms with Gasteiger partial charge in [-0.05, 0) is 36.6 Å². The van der Waals surface area contributed by atoms with Crippen molar-refractivity contribution in [2.75, 3.05) is 19.6 Å². The molecule has 30 heavy (non-hydrogen) atoms. The molecule has 0 spiro atoms. The Hall–Kier alpha value is -2.99. The van der Waals surface area contributed by atoms with E-state index in [-0.39, 0.29) is 23.8 Å². The van der Waals surface area contributed by atoms with Crippen LogP contribution in [0.25, 0.3) is 0 Å². The summed E-state index contributed by atoms with van der Waals surface area (Å²) in [4.78, 5) is 41.5. The van der Waals surface area contributed by atoms with Gasteiger partial charge in [-0.15, -0.1) is 0 Å². The molecule has 1 atom stereocenters. The number of nitrogens with one attached hydrogen (secondary N) is 1. The first-order valence-electron chi connectivity index (χ1n) is 10.6. The normalized spacial score (nSPS) is 18.7. The molecule has 4 rings (SSSR count). The lowest BCUT2D eigenvalue weighted by Crippen LogP contribution is -2.37. The maximum absolute atomic E-state index is 12.8. The van der Waals surface area contributed by atoms with E-state index >= 15 is 0 Å². The molecular weight excluding hydrogens is 378 g/mol. The highest BCUT2D eigenvalue weighted by atomic mass is 16.2. The number of hydrogen-bond donors (Lipinski definition) is 1. The van der Waals surface area contributed by atoms with Crippen LogP contribution in [-0.4, -0.2) is 53.2 Å². The maximum atomic E-state index is 12.8. The van der Waals surface area contributed by atoms with Crippen LogP contribution < -0.4 is 5.32 Å². The quantitative estimate of drug-likeness (QED) is 0.719. The molecule has 0 saturated carbocycles. The fourth-order valence-electron chi connectivity index (χ4n) is 4.16. The third-order valence-electron chi connectivity index (χ3n) is 5.82. The van der Waals surface area contributed by atoms with E-state index in [4.69, 9.17) is 0 Å². The van der Waals surface area contributed by atoms with E-state index in [0.717, 1.165) is 38.9 Å². The van der Waals surface area contributed by atoms with Gasteiger partial charge in [0, 0.05) is 37.8 Å². The summed E-state index contributed by atoms with van der Waals surface area (Å²) in [6, 6.07) is 15.2. The number of imide groups is 1. The van der Waals surface area contributed by atoms with Gasteiger partial charge in [0.25, 0.3) is 17.7 Å². The third-order valence-corrected chi connectivity index (χ3v) is 5.82. The minimum atomic E-state index is -0.298. The molecule has 0 aromatic heterocycles. The van der Waals surface area contributed by atoms with Gasteiger partial charge in [-0.3, -0.25) is 24.2 Å². The van der Waals surface area contributed by atoms with Crippen molar-refractivity contribution < 1.29 is 14.4 Å². The molecule has 1 N–H and O–H groups in total. The van der Waals surface area contributed by atoms with Crippen molar-refractivity contribution in [2.24, 2.45) is 0 Å². The summed E-state index contributed by atoms with van der Waals surface area (Å²) in [7, 11) is 0. The average molecular weight is 405 g/mol. The van der Waals surface area contributed by atoms with Crippen LogP contribution in [0.4, 0.5) is 0 Å². The lowest BCUT2D eigenvalue weighted by atomic mass is 10.0. The van der Waals surface area contributed by atoms with Gasteiger partial charge >= 0.3 is 0 Å². The number of carbonyl (C=O) groups excluding carboxylic acids is 3. The molecule has 3 amide bonds. The third kappa shape index (κ3) is 4.14. The first-order valence-corrected chi connectivity index (χ1v) is 10.6. The van der Waals surface area contributed by atoms with E-state index in [2.05, 4.69) is 22.3 Å². The average Bonchev–Trinajstić information content (AvgIpc) is 3.29. The highest BCUT2D eigenvalue weighted by Crippen LogP contribution is 2.24. The number of likely N-dealkylation sites (tertiary alicyclic amines) is 1. The van der Waals surface area contributed by atoms with Crippen LogP contribution in [0.3, 0.4) is 0 Å². The zero-order valence-corrected chi connectivity index (χ0v) is 17.3. The molecule has 6 nitrogen and oxygen atoms in total. The summed E-state index contributed by atoms with van der Waals surface area (Å²) >= 11 is 0. The Morgan fingerprint density at radius 3 is 2.60 bits per heavy atom. The predicted molar refractivity (Wildman–Crippen MR) is 114 cm³/mol. The first kappa shape index (κ1) is 20.3. The second-order valence-corrected chi connectivity index (χ2v) is 8.06. The highest BCUT2D eigenvalue weighted by Gasteiger charge is 2.35. The second-order valence-electron chi connectivity index (χ2n) is 8.06. The van der Waals surface area contributed by atoms with Crippen LogP contribution in [0.15, 0.2) is 48.5 Å². The number of nitrogens with zero attached hydrogens (tertiary/aromatic N) is 2. The van der Waals surface area contributed by atoms with Gasteiger partial charge in [0.2, 0.25) is 0 Å². The van der Waals surface area contributed by atoms with E-state index < -0.39 is 0 Å². The van der Waals surface area contributed by atoms with Crippen LogP contribution in [-0.2, 0) is 6.54 Å². The topological polar surface area (TPSA) is 69.7 Å². The molecule has 1 unspecified atom stereocenters. The Morgan fingerprint density at radius 1 is 1.07 bits per heavy atom. The summed E-state index contributed by atoms with van der Waals surface area (Å²) in [6.45, 7) is 5.04. The zero-order chi connectivity index (χ0) is 21.1. The predicted octanol–water partition coefficient (Wildman–Crippen LogP) is 3.09. The van der Waals surface area contributed by atoms with Crippen LogP contribution in [0.1, 0.15) is 62.8 Å². The van der Waals surface area contributed by atoms with Gasteiger partial charge in [0.15, 0.2) is 0 Å². The van der Waals surface area contributed by atoms with E-state index in [1.807, 2.05) is 25.1 Å². The minimum Gasteiger partial charge on any atom is -0.348 e. The lowest BCUT2D eigenvalue weighted by molar-refractivity contribution is 0.0652. The largest absolute Gasteiger partial charge is 0.348 e. The summed E-state index contributed by atoms with van der Waals surface area (Å²) in [6.07, 6.45) is 2.58. The standard InChI is InChI=1S/C24H27N3O3/c1-2-3-12-27-23(29)20-10-9-18(14-21(20)24(27)30)22(28)25-19-11-13-26(16-19)15-17-7-5-4-6-8-17/h4-10,14,19H,2-3,11-13,15-16H2,1H3,(H,25,28).